The molecule has 1 aliphatic heterocycles. The van der Waals surface area contributed by atoms with Gasteiger partial charge in [0.2, 0.25) is 5.43 Å². The number of aliphatic hydroxyl groups is 1. The maximum absolute atomic E-state index is 13.7. The maximum Gasteiger partial charge on any atom is 0.276 e. The lowest BCUT2D eigenvalue weighted by Crippen LogP contribution is -2.47. The maximum atomic E-state index is 13.7. The molecule has 4 aromatic rings. The van der Waals surface area contributed by atoms with Gasteiger partial charge in [0.1, 0.15) is 6.61 Å². The molecule has 7 nitrogen and oxygen atoms in total. The first-order valence-electron chi connectivity index (χ1n) is 12.5. The molecule has 1 amide bonds. The highest BCUT2D eigenvalue weighted by molar-refractivity contribution is 5.96. The van der Waals surface area contributed by atoms with E-state index in [1.54, 1.807) is 9.58 Å². The van der Waals surface area contributed by atoms with Crippen molar-refractivity contribution in [3.63, 3.8) is 0 Å². The Bertz CT molecular complexity index is 1350. The van der Waals surface area contributed by atoms with Gasteiger partial charge in [-0.2, -0.15) is 5.10 Å². The predicted octanol–water partition coefficient (Wildman–Crippen LogP) is 4.03. The third-order valence-corrected chi connectivity index (χ3v) is 6.69. The highest BCUT2D eigenvalue weighted by Gasteiger charge is 2.39. The number of amides is 1. The summed E-state index contributed by atoms with van der Waals surface area (Å²) in [5, 5.41) is 14.0. The first-order chi connectivity index (χ1) is 18.2. The molecule has 0 fully saturated rings. The fourth-order valence-electron chi connectivity index (χ4n) is 4.96. The van der Waals surface area contributed by atoms with Gasteiger partial charge in [-0.05, 0) is 23.1 Å². The standard InChI is InChI=1S/C30H29N3O4/c34-18-10-17-32-20-25(27(23-13-6-2-7-14-23)24-15-8-3-9-16-24)33-28(30(32)36)29(26(35)19-31-33)37-21-22-11-4-1-5-12-22/h1-9,11-16,19,25,27,34H,10,17-18,20-21H2. The quantitative estimate of drug-likeness (QED) is 0.379. The van der Waals surface area contributed by atoms with E-state index < -0.39 is 5.43 Å². The summed E-state index contributed by atoms with van der Waals surface area (Å²) in [4.78, 5) is 28.4. The van der Waals surface area contributed by atoms with E-state index in [0.29, 0.717) is 19.5 Å². The molecule has 0 aliphatic carbocycles. The largest absolute Gasteiger partial charge is 0.482 e. The zero-order chi connectivity index (χ0) is 25.6. The Morgan fingerprint density at radius 1 is 0.892 bits per heavy atom. The first kappa shape index (κ1) is 24.5. The fourth-order valence-corrected chi connectivity index (χ4v) is 4.96. The van der Waals surface area contributed by atoms with Crippen molar-refractivity contribution in [1.29, 1.82) is 0 Å². The van der Waals surface area contributed by atoms with Crippen LogP contribution in [0, 0.1) is 0 Å². The van der Waals surface area contributed by atoms with E-state index in [9.17, 15) is 14.7 Å². The average molecular weight is 496 g/mol. The van der Waals surface area contributed by atoms with Crippen LogP contribution in [0.25, 0.3) is 0 Å². The summed E-state index contributed by atoms with van der Waals surface area (Å²) in [6.07, 6.45) is 1.67. The van der Waals surface area contributed by atoms with Crippen molar-refractivity contribution in [3.8, 4) is 5.75 Å². The molecular weight excluding hydrogens is 466 g/mol. The number of carbonyl (C=O) groups excluding carboxylic acids is 1. The zero-order valence-electron chi connectivity index (χ0n) is 20.4. The van der Waals surface area contributed by atoms with Crippen LogP contribution in [0.1, 0.15) is 45.6 Å². The average Bonchev–Trinajstić information content (AvgIpc) is 2.95. The second-order valence-electron chi connectivity index (χ2n) is 9.10. The summed E-state index contributed by atoms with van der Waals surface area (Å²) in [5.41, 5.74) is 2.76. The van der Waals surface area contributed by atoms with Crippen molar-refractivity contribution >= 4 is 5.91 Å². The minimum atomic E-state index is -0.436. The molecule has 3 aromatic carbocycles. The molecule has 1 atom stereocenters. The van der Waals surface area contributed by atoms with Crippen LogP contribution in [0.15, 0.2) is 102 Å². The van der Waals surface area contributed by atoms with Crippen LogP contribution in [0.5, 0.6) is 5.75 Å². The number of carbonyl (C=O) groups is 1. The smallest absolute Gasteiger partial charge is 0.276 e. The van der Waals surface area contributed by atoms with Gasteiger partial charge in [-0.15, -0.1) is 0 Å². The van der Waals surface area contributed by atoms with Gasteiger partial charge in [-0.25, -0.2) is 0 Å². The predicted molar refractivity (Wildman–Crippen MR) is 141 cm³/mol. The first-order valence-corrected chi connectivity index (χ1v) is 12.5. The Morgan fingerprint density at radius 2 is 1.49 bits per heavy atom. The summed E-state index contributed by atoms with van der Waals surface area (Å²) in [7, 11) is 0. The Kier molecular flexibility index (Phi) is 7.42. The molecular formula is C30H29N3O4. The van der Waals surface area contributed by atoms with Crippen molar-refractivity contribution in [1.82, 2.24) is 14.7 Å². The van der Waals surface area contributed by atoms with Crippen LogP contribution in [0.2, 0.25) is 0 Å². The fraction of sp³-hybridized carbons (Fsp3) is 0.233. The highest BCUT2D eigenvalue weighted by Crippen LogP contribution is 2.39. The number of hydrogen-bond acceptors (Lipinski definition) is 5. The third kappa shape index (κ3) is 5.17. The Morgan fingerprint density at radius 3 is 2.08 bits per heavy atom. The highest BCUT2D eigenvalue weighted by atomic mass is 16.5. The van der Waals surface area contributed by atoms with Gasteiger partial charge >= 0.3 is 0 Å². The van der Waals surface area contributed by atoms with Gasteiger partial charge in [0, 0.05) is 25.6 Å². The molecule has 0 saturated carbocycles. The van der Waals surface area contributed by atoms with E-state index in [0.717, 1.165) is 16.7 Å². The minimum Gasteiger partial charge on any atom is -0.482 e. The number of benzene rings is 3. The van der Waals surface area contributed by atoms with Crippen molar-refractivity contribution in [2.75, 3.05) is 19.7 Å². The molecule has 0 radical (unpaired) electrons. The number of fused-ring (bicyclic) bond motifs is 1. The number of rotatable bonds is 9. The van der Waals surface area contributed by atoms with E-state index in [1.165, 1.54) is 6.20 Å². The van der Waals surface area contributed by atoms with E-state index in [2.05, 4.69) is 29.4 Å². The third-order valence-electron chi connectivity index (χ3n) is 6.69. The lowest BCUT2D eigenvalue weighted by molar-refractivity contribution is 0.0618. The number of aromatic nitrogens is 2. The van der Waals surface area contributed by atoms with Crippen LogP contribution in [-0.2, 0) is 6.61 Å². The van der Waals surface area contributed by atoms with Crippen molar-refractivity contribution in [2.24, 2.45) is 0 Å². The molecule has 0 bridgehead atoms. The van der Waals surface area contributed by atoms with Crippen LogP contribution >= 0.6 is 0 Å². The lowest BCUT2D eigenvalue weighted by atomic mass is 9.83. The van der Waals surface area contributed by atoms with E-state index in [-0.39, 0.29) is 42.5 Å². The van der Waals surface area contributed by atoms with Gasteiger partial charge in [0.25, 0.3) is 5.91 Å². The van der Waals surface area contributed by atoms with Crippen molar-refractivity contribution < 1.29 is 14.6 Å². The van der Waals surface area contributed by atoms with Crippen LogP contribution in [-0.4, -0.2) is 45.4 Å². The van der Waals surface area contributed by atoms with Crippen LogP contribution in [0.4, 0.5) is 0 Å². The van der Waals surface area contributed by atoms with Gasteiger partial charge in [-0.3, -0.25) is 14.3 Å². The minimum absolute atomic E-state index is 0.00225. The van der Waals surface area contributed by atoms with Crippen LogP contribution in [0.3, 0.4) is 0 Å². The molecule has 1 unspecified atom stereocenters. The van der Waals surface area contributed by atoms with Gasteiger partial charge < -0.3 is 14.7 Å². The van der Waals surface area contributed by atoms with Gasteiger partial charge in [0.15, 0.2) is 11.4 Å². The summed E-state index contributed by atoms with van der Waals surface area (Å²) in [6.45, 7) is 0.868. The monoisotopic (exact) mass is 495 g/mol. The number of ether oxygens (including phenoxy) is 1. The molecule has 37 heavy (non-hydrogen) atoms. The number of nitrogens with zero attached hydrogens (tertiary/aromatic N) is 3. The molecule has 5 rings (SSSR count). The van der Waals surface area contributed by atoms with Crippen molar-refractivity contribution in [3.05, 3.63) is 130 Å². The molecule has 0 saturated heterocycles. The van der Waals surface area contributed by atoms with Gasteiger partial charge in [-0.1, -0.05) is 91.0 Å². The normalized spacial score (nSPS) is 15.0. The zero-order valence-corrected chi connectivity index (χ0v) is 20.4. The second kappa shape index (κ2) is 11.2. The molecule has 7 heteroatoms. The van der Waals surface area contributed by atoms with E-state index >= 15 is 0 Å². The Hall–Kier alpha value is -4.23. The molecule has 1 N–H and O–H groups in total. The molecule has 188 valence electrons. The number of aliphatic hydroxyl groups excluding tert-OH is 1. The summed E-state index contributed by atoms with van der Waals surface area (Å²) in [6, 6.07) is 29.4. The topological polar surface area (TPSA) is 84.7 Å². The SMILES string of the molecule is O=C1c2c(OCc3ccccc3)c(=O)cnn2C(C(c2ccccc2)c2ccccc2)CN1CCCO. The van der Waals surface area contributed by atoms with E-state index in [1.807, 2.05) is 66.7 Å². The lowest BCUT2D eigenvalue weighted by Gasteiger charge is -2.39. The summed E-state index contributed by atoms with van der Waals surface area (Å²) in [5.74, 6) is -0.455. The van der Waals surface area contributed by atoms with E-state index in [4.69, 9.17) is 4.74 Å². The second-order valence-corrected chi connectivity index (χ2v) is 9.10. The van der Waals surface area contributed by atoms with Crippen molar-refractivity contribution in [2.45, 2.75) is 25.0 Å². The Labute approximate surface area is 215 Å². The van der Waals surface area contributed by atoms with Crippen LogP contribution < -0.4 is 10.2 Å². The number of hydrogen-bond donors (Lipinski definition) is 1. The molecule has 2 heterocycles. The molecule has 1 aromatic heterocycles. The summed E-state index contributed by atoms with van der Waals surface area (Å²) < 4.78 is 7.68. The molecule has 0 spiro atoms. The Balaban J connectivity index is 1.64. The molecule has 1 aliphatic rings. The van der Waals surface area contributed by atoms with Gasteiger partial charge in [0.05, 0.1) is 12.2 Å². The summed E-state index contributed by atoms with van der Waals surface area (Å²) >= 11 is 0.